The molecule has 2 rings (SSSR count). The van der Waals surface area contributed by atoms with Gasteiger partial charge in [-0.1, -0.05) is 40.0 Å². The third-order valence-corrected chi connectivity index (χ3v) is 5.94. The van der Waals surface area contributed by atoms with E-state index in [2.05, 4.69) is 25.7 Å². The molecule has 112 valence electrons. The molecule has 0 aliphatic heterocycles. The van der Waals surface area contributed by atoms with Crippen molar-refractivity contribution >= 4 is 0 Å². The quantitative estimate of drug-likeness (QED) is 0.795. The summed E-state index contributed by atoms with van der Waals surface area (Å²) < 4.78 is 0. The fraction of sp³-hybridized carbons (Fsp3) is 1.00. The molecule has 0 aromatic rings. The molecule has 19 heavy (non-hydrogen) atoms. The monoisotopic (exact) mass is 266 g/mol. The average Bonchev–Trinajstić information content (AvgIpc) is 2.37. The molecule has 2 aliphatic rings. The Hall–Kier alpha value is -0.0800. The van der Waals surface area contributed by atoms with Crippen molar-refractivity contribution in [1.82, 2.24) is 4.90 Å². The molecule has 0 spiro atoms. The summed E-state index contributed by atoms with van der Waals surface area (Å²) in [6.07, 6.45) is 9.84. The van der Waals surface area contributed by atoms with Crippen molar-refractivity contribution in [3.05, 3.63) is 0 Å². The summed E-state index contributed by atoms with van der Waals surface area (Å²) in [6, 6.07) is 0. The molecule has 2 atom stereocenters. The van der Waals surface area contributed by atoms with E-state index in [-0.39, 0.29) is 0 Å². The molecule has 2 N–H and O–H groups in total. The zero-order valence-corrected chi connectivity index (χ0v) is 13.3. The Bertz CT molecular complexity index is 272. The third-order valence-electron chi connectivity index (χ3n) is 5.94. The highest BCUT2D eigenvalue weighted by Crippen LogP contribution is 2.43. The van der Waals surface area contributed by atoms with Crippen molar-refractivity contribution in [2.24, 2.45) is 23.5 Å². The average molecular weight is 266 g/mol. The fourth-order valence-electron chi connectivity index (χ4n) is 4.59. The molecule has 0 saturated heterocycles. The Morgan fingerprint density at radius 1 is 1.16 bits per heavy atom. The summed E-state index contributed by atoms with van der Waals surface area (Å²) in [7, 11) is 0. The van der Waals surface area contributed by atoms with Crippen LogP contribution in [0.25, 0.3) is 0 Å². The summed E-state index contributed by atoms with van der Waals surface area (Å²) in [5, 5.41) is 0. The Morgan fingerprint density at radius 3 is 2.37 bits per heavy atom. The molecular weight excluding hydrogens is 232 g/mol. The van der Waals surface area contributed by atoms with Crippen molar-refractivity contribution in [2.75, 3.05) is 19.6 Å². The first-order valence-corrected chi connectivity index (χ1v) is 8.59. The van der Waals surface area contributed by atoms with Gasteiger partial charge in [-0.25, -0.2) is 0 Å². The highest BCUT2D eigenvalue weighted by Gasteiger charge is 2.45. The first-order valence-electron chi connectivity index (χ1n) is 8.59. The van der Waals surface area contributed by atoms with E-state index < -0.39 is 0 Å². The van der Waals surface area contributed by atoms with Crippen molar-refractivity contribution in [2.45, 2.75) is 71.3 Å². The number of likely N-dealkylation sites (N-methyl/N-ethyl adjacent to an activating group) is 1. The topological polar surface area (TPSA) is 29.3 Å². The van der Waals surface area contributed by atoms with Gasteiger partial charge < -0.3 is 5.73 Å². The van der Waals surface area contributed by atoms with Gasteiger partial charge in [0.15, 0.2) is 0 Å². The first kappa shape index (κ1) is 15.3. The maximum Gasteiger partial charge on any atom is 0.0362 e. The van der Waals surface area contributed by atoms with E-state index in [1.807, 2.05) is 0 Å². The van der Waals surface area contributed by atoms with E-state index in [1.165, 1.54) is 58.0 Å². The lowest BCUT2D eigenvalue weighted by molar-refractivity contribution is -0.0264. The molecule has 2 nitrogen and oxygen atoms in total. The van der Waals surface area contributed by atoms with Gasteiger partial charge in [0, 0.05) is 18.6 Å². The first-order chi connectivity index (χ1) is 9.14. The lowest BCUT2D eigenvalue weighted by Gasteiger charge is -2.54. The number of nitrogens with zero attached hydrogens (tertiary/aromatic N) is 1. The molecule has 2 fully saturated rings. The van der Waals surface area contributed by atoms with E-state index in [0.29, 0.717) is 5.54 Å². The van der Waals surface area contributed by atoms with Crippen LogP contribution >= 0.6 is 0 Å². The Morgan fingerprint density at radius 2 is 1.89 bits per heavy atom. The van der Waals surface area contributed by atoms with Crippen LogP contribution in [0.2, 0.25) is 0 Å². The molecule has 0 heterocycles. The molecule has 2 saturated carbocycles. The van der Waals surface area contributed by atoms with Crippen LogP contribution in [0.3, 0.4) is 0 Å². The molecule has 2 heteroatoms. The van der Waals surface area contributed by atoms with Gasteiger partial charge in [0.05, 0.1) is 0 Å². The maximum atomic E-state index is 6.34. The van der Waals surface area contributed by atoms with E-state index >= 15 is 0 Å². The van der Waals surface area contributed by atoms with Crippen LogP contribution in [0, 0.1) is 17.8 Å². The van der Waals surface area contributed by atoms with Crippen LogP contribution in [0.4, 0.5) is 0 Å². The van der Waals surface area contributed by atoms with Crippen LogP contribution in [-0.2, 0) is 0 Å². The summed E-state index contributed by atoms with van der Waals surface area (Å²) in [6.45, 7) is 10.5. The lowest BCUT2D eigenvalue weighted by Crippen LogP contribution is -2.62. The second-order valence-electron chi connectivity index (χ2n) is 7.24. The van der Waals surface area contributed by atoms with Crippen LogP contribution in [0.5, 0.6) is 0 Å². The SMILES string of the molecule is CCN(CC1CCC1)C1(CN)CCCCC1C(C)C. The van der Waals surface area contributed by atoms with Gasteiger partial charge in [-0.15, -0.1) is 0 Å². The molecular formula is C17H34N2. The van der Waals surface area contributed by atoms with E-state index in [0.717, 1.165) is 24.3 Å². The second kappa shape index (κ2) is 6.58. The molecule has 2 unspecified atom stereocenters. The smallest absolute Gasteiger partial charge is 0.0362 e. The van der Waals surface area contributed by atoms with Crippen molar-refractivity contribution < 1.29 is 0 Å². The zero-order chi connectivity index (χ0) is 13.9. The van der Waals surface area contributed by atoms with E-state index in [1.54, 1.807) is 0 Å². The van der Waals surface area contributed by atoms with Crippen LogP contribution < -0.4 is 5.73 Å². The molecule has 0 aromatic heterocycles. The fourth-order valence-corrected chi connectivity index (χ4v) is 4.59. The third kappa shape index (κ3) is 3.00. The highest BCUT2D eigenvalue weighted by atomic mass is 15.2. The molecule has 0 amide bonds. The predicted octanol–water partition coefficient (Wildman–Crippen LogP) is 3.65. The Balaban J connectivity index is 2.15. The predicted molar refractivity (Wildman–Crippen MR) is 83.2 cm³/mol. The standard InChI is InChI=1S/C17H34N2/c1-4-19(12-15-8-7-9-15)17(13-18)11-6-5-10-16(17)14(2)3/h14-16H,4-13,18H2,1-3H3. The van der Waals surface area contributed by atoms with Crippen LogP contribution in [0.15, 0.2) is 0 Å². The van der Waals surface area contributed by atoms with Crippen LogP contribution in [0.1, 0.15) is 65.7 Å². The number of rotatable bonds is 6. The minimum atomic E-state index is 0.302. The molecule has 0 aromatic carbocycles. The number of hydrogen-bond donors (Lipinski definition) is 1. The van der Waals surface area contributed by atoms with Gasteiger partial charge in [0.2, 0.25) is 0 Å². The second-order valence-corrected chi connectivity index (χ2v) is 7.24. The van der Waals surface area contributed by atoms with Crippen molar-refractivity contribution in [3.8, 4) is 0 Å². The highest BCUT2D eigenvalue weighted by molar-refractivity contribution is 5.01. The van der Waals surface area contributed by atoms with Crippen LogP contribution in [-0.4, -0.2) is 30.1 Å². The Kier molecular flexibility index (Phi) is 5.30. The minimum Gasteiger partial charge on any atom is -0.329 e. The van der Waals surface area contributed by atoms with Gasteiger partial charge in [-0.3, -0.25) is 4.90 Å². The summed E-state index contributed by atoms with van der Waals surface area (Å²) in [4.78, 5) is 2.78. The van der Waals surface area contributed by atoms with Gasteiger partial charge in [0.25, 0.3) is 0 Å². The molecule has 0 radical (unpaired) electrons. The van der Waals surface area contributed by atoms with Crippen molar-refractivity contribution in [1.29, 1.82) is 0 Å². The van der Waals surface area contributed by atoms with Gasteiger partial charge in [-0.2, -0.15) is 0 Å². The minimum absolute atomic E-state index is 0.302. The summed E-state index contributed by atoms with van der Waals surface area (Å²) in [5.41, 5.74) is 6.64. The number of hydrogen-bond acceptors (Lipinski definition) is 2. The maximum absolute atomic E-state index is 6.34. The molecule has 2 aliphatic carbocycles. The number of nitrogens with two attached hydrogens (primary N) is 1. The van der Waals surface area contributed by atoms with Gasteiger partial charge >= 0.3 is 0 Å². The van der Waals surface area contributed by atoms with Gasteiger partial charge in [-0.05, 0) is 50.0 Å². The Labute approximate surface area is 120 Å². The summed E-state index contributed by atoms with van der Waals surface area (Å²) >= 11 is 0. The largest absolute Gasteiger partial charge is 0.329 e. The van der Waals surface area contributed by atoms with Gasteiger partial charge in [0.1, 0.15) is 0 Å². The normalized spacial score (nSPS) is 32.8. The summed E-state index contributed by atoms with van der Waals surface area (Å²) in [5.74, 6) is 2.52. The zero-order valence-electron chi connectivity index (χ0n) is 13.3. The van der Waals surface area contributed by atoms with E-state index in [9.17, 15) is 0 Å². The lowest BCUT2D eigenvalue weighted by atomic mass is 9.66. The van der Waals surface area contributed by atoms with E-state index in [4.69, 9.17) is 5.73 Å². The molecule has 0 bridgehead atoms. The van der Waals surface area contributed by atoms with Crippen molar-refractivity contribution in [3.63, 3.8) is 0 Å².